The summed E-state index contributed by atoms with van der Waals surface area (Å²) in [5, 5.41) is 55.9. The predicted molar refractivity (Wildman–Crippen MR) is 301 cm³/mol. The highest BCUT2D eigenvalue weighted by atomic mass is 16.5. The van der Waals surface area contributed by atoms with Crippen molar-refractivity contribution in [1.82, 2.24) is 10.2 Å². The summed E-state index contributed by atoms with van der Waals surface area (Å²) >= 11 is 0. The molecule has 4 aliphatic rings. The van der Waals surface area contributed by atoms with Crippen molar-refractivity contribution in [2.75, 3.05) is 53.6 Å². The van der Waals surface area contributed by atoms with E-state index in [1.165, 1.54) is 0 Å². The van der Waals surface area contributed by atoms with E-state index < -0.39 is 23.3 Å². The Kier molecular flexibility index (Phi) is 24.3. The maximum atomic E-state index is 13.5. The molecular weight excluding hydrogens is 975 g/mol. The molecule has 2 saturated carbocycles. The number of aliphatic hydroxyl groups is 4. The van der Waals surface area contributed by atoms with Gasteiger partial charge in [-0.15, -0.1) is 0 Å². The van der Waals surface area contributed by atoms with Crippen LogP contribution in [0, 0.1) is 43.4 Å². The number of methoxy groups -OCH3 is 2. The second-order valence-corrected chi connectivity index (χ2v) is 22.3. The van der Waals surface area contributed by atoms with Crippen LogP contribution in [0.2, 0.25) is 0 Å². The Morgan fingerprint density at radius 1 is 0.636 bits per heavy atom. The topological polar surface area (TPSA) is 213 Å². The van der Waals surface area contributed by atoms with Gasteiger partial charge in [-0.3, -0.25) is 9.59 Å². The number of nitrogens with one attached hydrogen (secondary N) is 1. The second kappa shape index (κ2) is 30.5. The molecule has 2 aliphatic carbocycles. The summed E-state index contributed by atoms with van der Waals surface area (Å²) in [7, 11) is 3.42. The van der Waals surface area contributed by atoms with Gasteiger partial charge in [0, 0.05) is 82.0 Å². The Hall–Kier alpha value is -4.90. The van der Waals surface area contributed by atoms with Crippen molar-refractivity contribution in [3.05, 3.63) is 119 Å². The summed E-state index contributed by atoms with van der Waals surface area (Å²) < 4.78 is 23.2. The monoisotopic (exact) mass is 1070 g/mol. The molecule has 14 heteroatoms. The molecule has 2 saturated heterocycles. The number of unbranched alkanes of at least 4 members (excludes halogenated alkanes) is 2. The Bertz CT molecular complexity index is 2420. The summed E-state index contributed by atoms with van der Waals surface area (Å²) in [4.78, 5) is 26.0. The number of carbonyl (C=O) groups excluding carboxylic acids is 1. The fourth-order valence-electron chi connectivity index (χ4n) is 11.9. The first-order valence-electron chi connectivity index (χ1n) is 28.5. The van der Waals surface area contributed by atoms with Crippen LogP contribution in [0.3, 0.4) is 0 Å². The zero-order valence-electron chi connectivity index (χ0n) is 46.6. The minimum absolute atomic E-state index is 0.100. The minimum atomic E-state index is -1.16. The Morgan fingerprint density at radius 3 is 1.62 bits per heavy atom. The van der Waals surface area contributed by atoms with Gasteiger partial charge in [0.1, 0.15) is 23.0 Å². The van der Waals surface area contributed by atoms with E-state index in [9.17, 15) is 30.0 Å². The van der Waals surface area contributed by atoms with Gasteiger partial charge in [0.25, 0.3) is 0 Å². The number of nitrogens with zero attached hydrogens (tertiary/aromatic N) is 1. The lowest BCUT2D eigenvalue weighted by molar-refractivity contribution is -0.144. The Balaban J connectivity index is 0.000000214. The van der Waals surface area contributed by atoms with Crippen LogP contribution in [0.5, 0.6) is 23.0 Å². The molecule has 8 N–H and O–H groups in total. The number of amides is 1. The smallest absolute Gasteiger partial charge is 0.306 e. The summed E-state index contributed by atoms with van der Waals surface area (Å²) in [6.45, 7) is 10.4. The number of nitrogens with two attached hydrogens (primary N) is 1. The van der Waals surface area contributed by atoms with Crippen LogP contribution in [0.1, 0.15) is 132 Å². The van der Waals surface area contributed by atoms with E-state index in [1.54, 1.807) is 14.2 Å². The molecule has 2 aliphatic heterocycles. The van der Waals surface area contributed by atoms with Gasteiger partial charge in [-0.1, -0.05) is 79.7 Å². The molecule has 1 amide bonds. The molecule has 0 aromatic heterocycles. The Morgan fingerprint density at radius 2 is 1.13 bits per heavy atom. The second-order valence-electron chi connectivity index (χ2n) is 22.3. The molecule has 0 radical (unpaired) electrons. The number of hydrogen-bond acceptors (Lipinski definition) is 12. The number of carboxylic acid groups (broad SMARTS) is 1. The third kappa shape index (κ3) is 17.1. The number of ether oxygens (including phenoxy) is 4. The first kappa shape index (κ1) is 61.3. The molecule has 8 rings (SSSR count). The van der Waals surface area contributed by atoms with Crippen molar-refractivity contribution < 1.29 is 54.1 Å². The quantitative estimate of drug-likeness (QED) is 0.0411. The number of piperidine rings is 2. The molecular formula is C63H91N3O11. The van der Waals surface area contributed by atoms with Crippen LogP contribution in [-0.2, 0) is 30.3 Å². The van der Waals surface area contributed by atoms with E-state index in [1.807, 2.05) is 123 Å². The normalized spacial score (nSPS) is 25.1. The number of carbonyl (C=O) groups is 2. The van der Waals surface area contributed by atoms with Gasteiger partial charge in [-0.05, 0) is 164 Å². The first-order chi connectivity index (χ1) is 37.1. The van der Waals surface area contributed by atoms with Gasteiger partial charge in [-0.25, -0.2) is 0 Å². The SMILES string of the molecule is COCCCC[C@@](O)(c1ccccc1Oc1ccccc1C)C1CCCN(C(=O)C2CC[C@H](O)[C@H](N)C2)C1.COCCCC[C@@](O)(c1ccccc1Oc1ccccc1C)[C@@H]1CCCNC1.C[C@@H]1CC(C(=O)O)CC[C@@H]1O. The number of para-hydroxylation sites is 4. The van der Waals surface area contributed by atoms with E-state index >= 15 is 0 Å². The number of aryl methyl sites for hydroxylation is 2. The highest BCUT2D eigenvalue weighted by molar-refractivity contribution is 5.79. The van der Waals surface area contributed by atoms with Crippen LogP contribution >= 0.6 is 0 Å². The number of aliphatic carboxylic acids is 1. The van der Waals surface area contributed by atoms with Crippen molar-refractivity contribution in [3.63, 3.8) is 0 Å². The van der Waals surface area contributed by atoms with Crippen LogP contribution in [-0.4, -0.2) is 114 Å². The third-order valence-electron chi connectivity index (χ3n) is 16.7. The van der Waals surface area contributed by atoms with Crippen LogP contribution in [0.4, 0.5) is 0 Å². The fourth-order valence-corrected chi connectivity index (χ4v) is 11.9. The van der Waals surface area contributed by atoms with Crippen molar-refractivity contribution in [2.24, 2.45) is 35.3 Å². The van der Waals surface area contributed by atoms with Crippen molar-refractivity contribution >= 4 is 11.9 Å². The molecule has 0 spiro atoms. The van der Waals surface area contributed by atoms with Gasteiger partial charge >= 0.3 is 5.97 Å². The summed E-state index contributed by atoms with van der Waals surface area (Å²) in [5.41, 5.74) is 7.78. The average molecular weight is 1070 g/mol. The largest absolute Gasteiger partial charge is 0.481 e. The standard InChI is InChI=1S/C31H44N2O5.C24H33NO3.C8H14O3/c1-22-10-3-5-13-28(22)38-29-14-6-4-12-25(29)31(36,17-7-8-19-37-2)24-11-9-18-33(21-24)30(35)23-15-16-27(34)26(32)20-23;1-19-10-3-5-13-22(19)28-23-14-6-4-12-21(23)24(26,15-7-8-17-27-2)20-11-9-16-25-18-20;1-5-4-6(8(10)11)2-3-7(5)9/h3-6,10,12-14,23-24,26-27,34,36H,7-9,11,15-21,32H2,1-2H3;3-6,10,12-14,20,25-26H,7-9,11,15-18H2,1-2H3;5-7,9H,2-4H2,1H3,(H,10,11)/t23?,24?,26-,27+,31+;20-,24+;5-,6?,7+/m111/s1. The molecule has 10 atom stereocenters. The van der Waals surface area contributed by atoms with Crippen molar-refractivity contribution in [3.8, 4) is 23.0 Å². The lowest BCUT2D eigenvalue weighted by atomic mass is 9.73. The van der Waals surface area contributed by atoms with Crippen LogP contribution < -0.4 is 20.5 Å². The summed E-state index contributed by atoms with van der Waals surface area (Å²) in [6.07, 6.45) is 11.3. The highest BCUT2D eigenvalue weighted by Crippen LogP contribution is 2.46. The lowest BCUT2D eigenvalue weighted by Gasteiger charge is -2.44. The number of rotatable bonds is 20. The molecule has 4 aromatic rings. The average Bonchev–Trinajstić information content (AvgIpc) is 3.48. The molecule has 424 valence electrons. The van der Waals surface area contributed by atoms with Crippen LogP contribution in [0.25, 0.3) is 0 Å². The van der Waals surface area contributed by atoms with E-state index in [4.69, 9.17) is 29.8 Å². The van der Waals surface area contributed by atoms with E-state index in [0.29, 0.717) is 76.8 Å². The third-order valence-corrected chi connectivity index (χ3v) is 16.7. The number of aliphatic hydroxyl groups excluding tert-OH is 2. The summed E-state index contributed by atoms with van der Waals surface area (Å²) in [6, 6.07) is 31.3. The molecule has 2 heterocycles. The number of benzene rings is 4. The maximum Gasteiger partial charge on any atom is 0.306 e. The predicted octanol–water partition coefficient (Wildman–Crippen LogP) is 10.2. The summed E-state index contributed by atoms with van der Waals surface area (Å²) in [5.74, 6) is 2.15. The van der Waals surface area contributed by atoms with E-state index in [0.717, 1.165) is 111 Å². The molecule has 0 bridgehead atoms. The van der Waals surface area contributed by atoms with Gasteiger partial charge in [0.05, 0.1) is 29.3 Å². The molecule has 4 fully saturated rings. The number of carboxylic acids is 1. The molecule has 77 heavy (non-hydrogen) atoms. The maximum absolute atomic E-state index is 13.5. The van der Waals surface area contributed by atoms with Crippen molar-refractivity contribution in [2.45, 2.75) is 153 Å². The Labute approximate surface area is 458 Å². The van der Waals surface area contributed by atoms with Gasteiger partial charge in [-0.2, -0.15) is 0 Å². The number of hydrogen-bond donors (Lipinski definition) is 7. The first-order valence-corrected chi connectivity index (χ1v) is 28.5. The van der Waals surface area contributed by atoms with E-state index in [2.05, 4.69) is 5.32 Å². The number of likely N-dealkylation sites (tertiary alicyclic amines) is 1. The zero-order chi connectivity index (χ0) is 55.4. The van der Waals surface area contributed by atoms with Crippen molar-refractivity contribution in [1.29, 1.82) is 0 Å². The minimum Gasteiger partial charge on any atom is -0.481 e. The molecule has 14 nitrogen and oxygen atoms in total. The molecule has 3 unspecified atom stereocenters. The highest BCUT2D eigenvalue weighted by Gasteiger charge is 2.45. The fraction of sp³-hybridized carbons (Fsp3) is 0.587. The van der Waals surface area contributed by atoms with Gasteiger partial charge in [0.15, 0.2) is 0 Å². The van der Waals surface area contributed by atoms with E-state index in [-0.39, 0.29) is 47.6 Å². The van der Waals surface area contributed by atoms with Gasteiger partial charge < -0.3 is 60.4 Å². The van der Waals surface area contributed by atoms with Gasteiger partial charge in [0.2, 0.25) is 5.91 Å². The lowest BCUT2D eigenvalue weighted by Crippen LogP contribution is -2.51. The van der Waals surface area contributed by atoms with Crippen LogP contribution in [0.15, 0.2) is 97.1 Å². The zero-order valence-corrected chi connectivity index (χ0v) is 46.6. The molecule has 4 aromatic carbocycles.